The minimum Gasteiger partial charge on any atom is -0.441 e. The number of aromatic nitrogens is 1. The summed E-state index contributed by atoms with van der Waals surface area (Å²) in [5.41, 5.74) is 2.42. The molecule has 1 aromatic heterocycles. The summed E-state index contributed by atoms with van der Waals surface area (Å²) in [5, 5.41) is 2.86. The van der Waals surface area contributed by atoms with Crippen LogP contribution in [0.25, 0.3) is 11.3 Å². The van der Waals surface area contributed by atoms with E-state index in [1.54, 1.807) is 23.2 Å². The quantitative estimate of drug-likeness (QED) is 0.546. The summed E-state index contributed by atoms with van der Waals surface area (Å²) in [6.45, 7) is 4.36. The van der Waals surface area contributed by atoms with Crippen LogP contribution in [0.2, 0.25) is 0 Å². The molecule has 0 spiro atoms. The highest BCUT2D eigenvalue weighted by atomic mass is 19.1. The predicted molar refractivity (Wildman–Crippen MR) is 117 cm³/mol. The Morgan fingerprint density at radius 1 is 1.13 bits per heavy atom. The molecule has 2 amide bonds. The fraction of sp³-hybridized carbons (Fsp3) is 0.292. The molecule has 3 rings (SSSR count). The number of carbonyl (C=O) groups is 2. The Hall–Kier alpha value is -3.48. The van der Waals surface area contributed by atoms with Crippen LogP contribution in [0.4, 0.5) is 10.1 Å². The standard InChI is InChI=1S/C24H26FN3O3/c1-3-14-28(16-22(29)27-20-7-5-4-6-17(20)2)24(30)13-12-23-26-15-21(31-23)18-8-10-19(25)11-9-18/h4-11,15H,3,12-14,16H2,1-2H3,(H,27,29). The Bertz CT molecular complexity index is 1030. The average Bonchev–Trinajstić information content (AvgIpc) is 3.23. The molecule has 0 saturated carbocycles. The zero-order valence-corrected chi connectivity index (χ0v) is 17.7. The maximum absolute atomic E-state index is 13.1. The van der Waals surface area contributed by atoms with Crippen LogP contribution in [0.3, 0.4) is 0 Å². The minimum absolute atomic E-state index is 0.00653. The van der Waals surface area contributed by atoms with Crippen molar-refractivity contribution in [1.29, 1.82) is 0 Å². The van der Waals surface area contributed by atoms with Crippen molar-refractivity contribution in [2.75, 3.05) is 18.4 Å². The number of aryl methyl sites for hydroxylation is 2. The lowest BCUT2D eigenvalue weighted by molar-refractivity contribution is -0.134. The summed E-state index contributed by atoms with van der Waals surface area (Å²) in [4.78, 5) is 30.9. The first-order valence-corrected chi connectivity index (χ1v) is 10.3. The first kappa shape index (κ1) is 22.2. The van der Waals surface area contributed by atoms with Gasteiger partial charge >= 0.3 is 0 Å². The molecular formula is C24H26FN3O3. The number of hydrogen-bond acceptors (Lipinski definition) is 4. The molecule has 0 atom stereocenters. The number of carbonyl (C=O) groups excluding carboxylic acids is 2. The van der Waals surface area contributed by atoms with Crippen LogP contribution in [0.15, 0.2) is 59.1 Å². The molecule has 0 aliphatic rings. The fourth-order valence-electron chi connectivity index (χ4n) is 3.18. The van der Waals surface area contributed by atoms with Crippen molar-refractivity contribution in [1.82, 2.24) is 9.88 Å². The highest BCUT2D eigenvalue weighted by Gasteiger charge is 2.18. The van der Waals surface area contributed by atoms with Crippen molar-refractivity contribution in [3.05, 3.63) is 72.0 Å². The van der Waals surface area contributed by atoms with Crippen molar-refractivity contribution < 1.29 is 18.4 Å². The summed E-state index contributed by atoms with van der Waals surface area (Å²) in [5.74, 6) is 0.254. The molecule has 1 heterocycles. The number of benzene rings is 2. The van der Waals surface area contributed by atoms with E-state index < -0.39 is 0 Å². The van der Waals surface area contributed by atoms with Gasteiger partial charge in [-0.25, -0.2) is 9.37 Å². The Labute approximate surface area is 181 Å². The van der Waals surface area contributed by atoms with E-state index in [4.69, 9.17) is 4.42 Å². The fourth-order valence-corrected chi connectivity index (χ4v) is 3.18. The van der Waals surface area contributed by atoms with E-state index in [0.29, 0.717) is 30.2 Å². The van der Waals surface area contributed by atoms with Crippen molar-refractivity contribution in [3.63, 3.8) is 0 Å². The van der Waals surface area contributed by atoms with Crippen molar-refractivity contribution >= 4 is 17.5 Å². The Kier molecular flexibility index (Phi) is 7.54. The number of anilines is 1. The van der Waals surface area contributed by atoms with E-state index in [0.717, 1.165) is 17.7 Å². The number of oxazole rings is 1. The highest BCUT2D eigenvalue weighted by Crippen LogP contribution is 2.21. The van der Waals surface area contributed by atoms with Gasteiger partial charge in [-0.2, -0.15) is 0 Å². The average molecular weight is 423 g/mol. The Morgan fingerprint density at radius 2 is 1.87 bits per heavy atom. The molecule has 0 aliphatic heterocycles. The molecule has 6 nitrogen and oxygen atoms in total. The summed E-state index contributed by atoms with van der Waals surface area (Å²) in [6.07, 6.45) is 2.81. The van der Waals surface area contributed by atoms with Crippen LogP contribution in [0.1, 0.15) is 31.2 Å². The van der Waals surface area contributed by atoms with Crippen LogP contribution >= 0.6 is 0 Å². The van der Waals surface area contributed by atoms with Gasteiger partial charge in [0.15, 0.2) is 11.7 Å². The summed E-state index contributed by atoms with van der Waals surface area (Å²) >= 11 is 0. The van der Waals surface area contributed by atoms with E-state index in [-0.39, 0.29) is 30.6 Å². The molecule has 0 radical (unpaired) electrons. The summed E-state index contributed by atoms with van der Waals surface area (Å²) in [6, 6.07) is 13.4. The SMILES string of the molecule is CCCN(CC(=O)Nc1ccccc1C)C(=O)CCc1ncc(-c2ccc(F)cc2)o1. The molecular weight excluding hydrogens is 397 g/mol. The number of halogens is 1. The second kappa shape index (κ2) is 10.5. The lowest BCUT2D eigenvalue weighted by atomic mass is 10.2. The lowest BCUT2D eigenvalue weighted by Gasteiger charge is -2.21. The number of para-hydroxylation sites is 1. The predicted octanol–water partition coefficient (Wildman–Crippen LogP) is 4.60. The molecule has 0 aliphatic carbocycles. The van der Waals surface area contributed by atoms with Gasteiger partial charge in [0.2, 0.25) is 11.8 Å². The topological polar surface area (TPSA) is 75.4 Å². The number of nitrogens with zero attached hydrogens (tertiary/aromatic N) is 2. The molecule has 0 fully saturated rings. The normalized spacial score (nSPS) is 10.7. The first-order valence-electron chi connectivity index (χ1n) is 10.3. The van der Waals surface area contributed by atoms with E-state index in [2.05, 4.69) is 10.3 Å². The van der Waals surface area contributed by atoms with E-state index >= 15 is 0 Å². The molecule has 7 heteroatoms. The third-order valence-corrected chi connectivity index (χ3v) is 4.83. The van der Waals surface area contributed by atoms with Crippen LogP contribution in [0, 0.1) is 12.7 Å². The number of nitrogens with one attached hydrogen (secondary N) is 1. The lowest BCUT2D eigenvalue weighted by Crippen LogP contribution is -2.38. The number of hydrogen-bond donors (Lipinski definition) is 1. The molecule has 162 valence electrons. The van der Waals surface area contributed by atoms with E-state index in [1.165, 1.54) is 12.1 Å². The Morgan fingerprint density at radius 3 is 2.58 bits per heavy atom. The van der Waals surface area contributed by atoms with Crippen molar-refractivity contribution in [2.24, 2.45) is 0 Å². The van der Waals surface area contributed by atoms with Gasteiger partial charge in [0.1, 0.15) is 5.82 Å². The van der Waals surface area contributed by atoms with Gasteiger partial charge in [0, 0.05) is 30.6 Å². The van der Waals surface area contributed by atoms with Crippen LogP contribution < -0.4 is 5.32 Å². The van der Waals surface area contributed by atoms with Gasteiger partial charge < -0.3 is 14.6 Å². The van der Waals surface area contributed by atoms with Gasteiger partial charge in [-0.1, -0.05) is 25.1 Å². The molecule has 2 aromatic carbocycles. The molecule has 1 N–H and O–H groups in total. The highest BCUT2D eigenvalue weighted by molar-refractivity contribution is 5.95. The third-order valence-electron chi connectivity index (χ3n) is 4.83. The monoisotopic (exact) mass is 423 g/mol. The number of amides is 2. The van der Waals surface area contributed by atoms with Crippen molar-refractivity contribution in [2.45, 2.75) is 33.1 Å². The zero-order chi connectivity index (χ0) is 22.2. The van der Waals surface area contributed by atoms with Gasteiger partial charge in [-0.15, -0.1) is 0 Å². The van der Waals surface area contributed by atoms with Crippen LogP contribution in [0.5, 0.6) is 0 Å². The van der Waals surface area contributed by atoms with E-state index in [9.17, 15) is 14.0 Å². The van der Waals surface area contributed by atoms with Crippen molar-refractivity contribution in [3.8, 4) is 11.3 Å². The second-order valence-electron chi connectivity index (χ2n) is 7.30. The Balaban J connectivity index is 1.56. The van der Waals surface area contributed by atoms with Gasteiger partial charge in [-0.3, -0.25) is 9.59 Å². The molecule has 0 unspecified atom stereocenters. The largest absolute Gasteiger partial charge is 0.441 e. The summed E-state index contributed by atoms with van der Waals surface area (Å²) < 4.78 is 18.8. The maximum Gasteiger partial charge on any atom is 0.244 e. The van der Waals surface area contributed by atoms with Gasteiger partial charge in [0.25, 0.3) is 0 Å². The second-order valence-corrected chi connectivity index (χ2v) is 7.30. The first-order chi connectivity index (χ1) is 15.0. The minimum atomic E-state index is -0.323. The van der Waals surface area contributed by atoms with Crippen LogP contribution in [-0.4, -0.2) is 34.8 Å². The maximum atomic E-state index is 13.1. The molecule has 31 heavy (non-hydrogen) atoms. The van der Waals surface area contributed by atoms with E-state index in [1.807, 2.05) is 38.1 Å². The molecule has 0 bridgehead atoms. The number of rotatable bonds is 9. The summed E-state index contributed by atoms with van der Waals surface area (Å²) in [7, 11) is 0. The smallest absolute Gasteiger partial charge is 0.244 e. The molecule has 3 aromatic rings. The van der Waals surface area contributed by atoms with Gasteiger partial charge in [0.05, 0.1) is 12.7 Å². The third kappa shape index (κ3) is 6.25. The zero-order valence-electron chi connectivity index (χ0n) is 17.7. The molecule has 0 saturated heterocycles. The van der Waals surface area contributed by atoms with Crippen LogP contribution in [-0.2, 0) is 16.0 Å². The van der Waals surface area contributed by atoms with Gasteiger partial charge in [-0.05, 0) is 49.2 Å².